The van der Waals surface area contributed by atoms with Crippen LogP contribution in [0.3, 0.4) is 0 Å². The molecule has 0 atom stereocenters. The number of fused-ring (bicyclic) bond motifs is 1. The molecule has 9 heteroatoms. The van der Waals surface area contributed by atoms with Crippen LogP contribution in [0, 0.1) is 12.7 Å². The maximum atomic E-state index is 14.8. The molecular formula is C18H14F3NO4S. The van der Waals surface area contributed by atoms with Crippen LogP contribution in [0.1, 0.15) is 32.2 Å². The molecule has 27 heavy (non-hydrogen) atoms. The Morgan fingerprint density at radius 1 is 1.26 bits per heavy atom. The summed E-state index contributed by atoms with van der Waals surface area (Å²) in [7, 11) is 1.27. The summed E-state index contributed by atoms with van der Waals surface area (Å²) in [5, 5.41) is 9.13. The van der Waals surface area contributed by atoms with Crippen LogP contribution in [0.4, 0.5) is 13.2 Å². The molecule has 0 unspecified atom stereocenters. The van der Waals surface area contributed by atoms with Crippen LogP contribution in [0.2, 0.25) is 0 Å². The minimum absolute atomic E-state index is 0.0340. The largest absolute Gasteiger partial charge is 0.494 e. The highest BCUT2D eigenvalue weighted by molar-refractivity contribution is 7.14. The summed E-state index contributed by atoms with van der Waals surface area (Å²) in [6.07, 6.45) is -3.21. The van der Waals surface area contributed by atoms with Crippen LogP contribution in [0.5, 0.6) is 5.75 Å². The Hall–Kier alpha value is -2.81. The molecule has 0 radical (unpaired) electrons. The highest BCUT2D eigenvalue weighted by atomic mass is 32.1. The summed E-state index contributed by atoms with van der Waals surface area (Å²) in [6.45, 7) is 1.49. The van der Waals surface area contributed by atoms with E-state index >= 15 is 0 Å². The number of rotatable bonds is 5. The van der Waals surface area contributed by atoms with E-state index in [1.54, 1.807) is 0 Å². The van der Waals surface area contributed by atoms with E-state index in [2.05, 4.69) is 0 Å². The maximum absolute atomic E-state index is 14.8. The van der Waals surface area contributed by atoms with E-state index in [4.69, 9.17) is 9.84 Å². The third-order valence-corrected chi connectivity index (χ3v) is 5.28. The molecule has 0 aliphatic rings. The maximum Gasteiger partial charge on any atom is 0.307 e. The van der Waals surface area contributed by atoms with Gasteiger partial charge in [0.25, 0.3) is 12.3 Å². The van der Waals surface area contributed by atoms with Gasteiger partial charge in [-0.1, -0.05) is 0 Å². The van der Waals surface area contributed by atoms with Gasteiger partial charge < -0.3 is 9.84 Å². The van der Waals surface area contributed by atoms with Gasteiger partial charge in [-0.2, -0.15) is 0 Å². The molecule has 142 valence electrons. The Balaban J connectivity index is 2.26. The van der Waals surface area contributed by atoms with Gasteiger partial charge in [-0.05, 0) is 36.8 Å². The van der Waals surface area contributed by atoms with Crippen molar-refractivity contribution in [2.24, 2.45) is 0 Å². The molecule has 1 aromatic carbocycles. The van der Waals surface area contributed by atoms with Crippen LogP contribution >= 0.6 is 11.3 Å². The lowest BCUT2D eigenvalue weighted by Crippen LogP contribution is -2.12. The first-order valence-corrected chi connectivity index (χ1v) is 8.58. The van der Waals surface area contributed by atoms with E-state index in [9.17, 15) is 22.8 Å². The second-order valence-electron chi connectivity index (χ2n) is 5.75. The predicted octanol–water partition coefficient (Wildman–Crippen LogP) is 4.41. The number of aromatic nitrogens is 1. The van der Waals surface area contributed by atoms with Crippen LogP contribution in [0.25, 0.3) is 10.9 Å². The van der Waals surface area contributed by atoms with E-state index in [1.165, 1.54) is 32.2 Å². The molecular weight excluding hydrogens is 383 g/mol. The number of alkyl halides is 2. The fourth-order valence-corrected chi connectivity index (χ4v) is 3.79. The van der Waals surface area contributed by atoms with Crippen LogP contribution < -0.4 is 4.74 Å². The number of carboxylic acid groups (broad SMARTS) is 1. The second-order valence-corrected chi connectivity index (χ2v) is 6.87. The predicted molar refractivity (Wildman–Crippen MR) is 93.5 cm³/mol. The molecule has 3 aromatic rings. The highest BCUT2D eigenvalue weighted by Crippen LogP contribution is 2.35. The SMILES string of the molecule is COc1ccc2c(c1F)c(CC(=O)O)c(C)n2C(=O)c1ccc(C(F)F)s1. The van der Waals surface area contributed by atoms with Crippen molar-refractivity contribution in [3.05, 3.63) is 51.1 Å². The molecule has 2 aromatic heterocycles. The first-order chi connectivity index (χ1) is 12.8. The monoisotopic (exact) mass is 397 g/mol. The summed E-state index contributed by atoms with van der Waals surface area (Å²) in [5.41, 5.74) is 0.517. The number of carbonyl (C=O) groups is 2. The molecule has 0 bridgehead atoms. The molecule has 0 amide bonds. The molecule has 3 rings (SSSR count). The molecule has 0 fully saturated rings. The topological polar surface area (TPSA) is 68.5 Å². The third-order valence-electron chi connectivity index (χ3n) is 4.20. The first kappa shape index (κ1) is 19.0. The number of carboxylic acids is 1. The Kier molecular flexibility index (Phi) is 4.97. The van der Waals surface area contributed by atoms with Crippen LogP contribution in [-0.4, -0.2) is 28.7 Å². The summed E-state index contributed by atoms with van der Waals surface area (Å²) >= 11 is 0.641. The number of hydrogen-bond donors (Lipinski definition) is 1. The van der Waals surface area contributed by atoms with Gasteiger partial charge in [-0.3, -0.25) is 14.2 Å². The molecule has 1 N–H and O–H groups in total. The number of halogens is 3. The van der Waals surface area contributed by atoms with Crippen molar-refractivity contribution < 1.29 is 32.6 Å². The van der Waals surface area contributed by atoms with E-state index in [0.717, 1.165) is 10.6 Å². The number of methoxy groups -OCH3 is 1. The van der Waals surface area contributed by atoms with Gasteiger partial charge in [0.1, 0.15) is 0 Å². The van der Waals surface area contributed by atoms with E-state index in [1.807, 2.05) is 0 Å². The van der Waals surface area contributed by atoms with Gasteiger partial charge in [0.15, 0.2) is 11.6 Å². The average Bonchev–Trinajstić information content (AvgIpc) is 3.19. The zero-order chi connectivity index (χ0) is 19.9. The molecule has 0 aliphatic heterocycles. The number of hydrogen-bond acceptors (Lipinski definition) is 4. The van der Waals surface area contributed by atoms with Crippen molar-refractivity contribution in [2.45, 2.75) is 19.8 Å². The van der Waals surface area contributed by atoms with E-state index in [0.29, 0.717) is 11.3 Å². The molecule has 0 saturated heterocycles. The number of carbonyl (C=O) groups excluding carboxylic acids is 1. The Morgan fingerprint density at radius 3 is 2.52 bits per heavy atom. The normalized spacial score (nSPS) is 11.3. The highest BCUT2D eigenvalue weighted by Gasteiger charge is 2.26. The van der Waals surface area contributed by atoms with Crippen molar-refractivity contribution in [1.82, 2.24) is 4.57 Å². The smallest absolute Gasteiger partial charge is 0.307 e. The minimum Gasteiger partial charge on any atom is -0.494 e. The van der Waals surface area contributed by atoms with Crippen molar-refractivity contribution >= 4 is 34.1 Å². The van der Waals surface area contributed by atoms with Gasteiger partial charge in [-0.25, -0.2) is 13.2 Å². The van der Waals surface area contributed by atoms with Gasteiger partial charge in [0.2, 0.25) is 0 Å². The first-order valence-electron chi connectivity index (χ1n) is 7.77. The van der Waals surface area contributed by atoms with Crippen LogP contribution in [-0.2, 0) is 11.2 Å². The molecule has 2 heterocycles. The lowest BCUT2D eigenvalue weighted by Gasteiger charge is -2.06. The number of benzene rings is 1. The fraction of sp³-hybridized carbons (Fsp3) is 0.222. The Bertz CT molecular complexity index is 1050. The summed E-state index contributed by atoms with van der Waals surface area (Å²) in [6, 6.07) is 5.20. The van der Waals surface area contributed by atoms with E-state index in [-0.39, 0.29) is 37.7 Å². The number of thiophene rings is 1. The van der Waals surface area contributed by atoms with Gasteiger partial charge in [0, 0.05) is 11.1 Å². The zero-order valence-electron chi connectivity index (χ0n) is 14.3. The summed E-state index contributed by atoms with van der Waals surface area (Å²) < 4.78 is 46.6. The lowest BCUT2D eigenvalue weighted by molar-refractivity contribution is -0.136. The average molecular weight is 397 g/mol. The van der Waals surface area contributed by atoms with Crippen LogP contribution in [0.15, 0.2) is 24.3 Å². The van der Waals surface area contributed by atoms with Gasteiger partial charge in [0.05, 0.1) is 28.8 Å². The van der Waals surface area contributed by atoms with Gasteiger partial charge in [-0.15, -0.1) is 11.3 Å². The summed E-state index contributed by atoms with van der Waals surface area (Å²) in [5.74, 6) is -2.69. The van der Waals surface area contributed by atoms with Crippen molar-refractivity contribution in [2.75, 3.05) is 7.11 Å². The quantitative estimate of drug-likeness (QED) is 0.692. The minimum atomic E-state index is -2.71. The number of nitrogens with zero attached hydrogens (tertiary/aromatic N) is 1. The zero-order valence-corrected chi connectivity index (χ0v) is 15.1. The Labute approximate surface area is 155 Å². The molecule has 0 aliphatic carbocycles. The van der Waals surface area contributed by atoms with Crippen molar-refractivity contribution in [3.63, 3.8) is 0 Å². The second kappa shape index (κ2) is 7.07. The van der Waals surface area contributed by atoms with E-state index < -0.39 is 30.5 Å². The number of aliphatic carboxylic acids is 1. The Morgan fingerprint density at radius 2 is 1.96 bits per heavy atom. The van der Waals surface area contributed by atoms with Crippen molar-refractivity contribution in [3.8, 4) is 5.75 Å². The molecule has 0 saturated carbocycles. The third kappa shape index (κ3) is 3.18. The summed E-state index contributed by atoms with van der Waals surface area (Å²) in [4.78, 5) is 23.9. The standard InChI is InChI=1S/C18H14F3NO4S/c1-8-9(7-14(23)24)15-10(3-4-11(26-2)16(15)19)22(8)18(25)13-6-5-12(27-13)17(20)21/h3-6,17H,7H2,1-2H3,(H,23,24). The lowest BCUT2D eigenvalue weighted by atomic mass is 10.1. The fourth-order valence-electron chi connectivity index (χ4n) is 3.00. The molecule has 0 spiro atoms. The molecule has 5 nitrogen and oxygen atoms in total. The van der Waals surface area contributed by atoms with Crippen molar-refractivity contribution in [1.29, 1.82) is 0 Å². The van der Waals surface area contributed by atoms with Gasteiger partial charge >= 0.3 is 5.97 Å². The number of ether oxygens (including phenoxy) is 1.